The van der Waals surface area contributed by atoms with Crippen LogP contribution in [0.15, 0.2) is 39.7 Å². The third-order valence-corrected chi connectivity index (χ3v) is 4.86. The second-order valence-electron chi connectivity index (χ2n) is 4.04. The Balaban J connectivity index is 2.47. The lowest BCUT2D eigenvalue weighted by atomic mass is 10.3. The van der Waals surface area contributed by atoms with E-state index in [1.54, 1.807) is 0 Å². The Labute approximate surface area is 127 Å². The number of rotatable bonds is 3. The Bertz CT molecular complexity index is 812. The first-order chi connectivity index (χ1) is 9.70. The monoisotopic (exact) mass is 380 g/mol. The maximum absolute atomic E-state index is 13.5. The van der Waals surface area contributed by atoms with Crippen molar-refractivity contribution < 1.29 is 21.6 Å². The van der Waals surface area contributed by atoms with Gasteiger partial charge in [-0.15, -0.1) is 0 Å². The number of halogens is 4. The molecule has 0 aliphatic carbocycles. The number of hydrogen-bond donors (Lipinski definition) is 2. The highest BCUT2D eigenvalue weighted by molar-refractivity contribution is 9.10. The van der Waals surface area contributed by atoms with Crippen LogP contribution >= 0.6 is 15.9 Å². The molecule has 2 aromatic rings. The molecule has 0 amide bonds. The molecule has 0 atom stereocenters. The van der Waals surface area contributed by atoms with Crippen LogP contribution in [0.1, 0.15) is 0 Å². The zero-order valence-corrected chi connectivity index (χ0v) is 12.6. The van der Waals surface area contributed by atoms with Crippen molar-refractivity contribution in [2.24, 2.45) is 0 Å². The van der Waals surface area contributed by atoms with E-state index < -0.39 is 33.2 Å². The van der Waals surface area contributed by atoms with Gasteiger partial charge in [0, 0.05) is 22.3 Å². The normalized spacial score (nSPS) is 11.4. The van der Waals surface area contributed by atoms with Gasteiger partial charge in [0.25, 0.3) is 10.0 Å². The maximum Gasteiger partial charge on any atom is 0.263 e. The fraction of sp³-hybridized carbons (Fsp3) is 0. The Kier molecular flexibility index (Phi) is 4.15. The topological polar surface area (TPSA) is 72.2 Å². The second-order valence-corrected chi connectivity index (χ2v) is 6.55. The van der Waals surface area contributed by atoms with E-state index in [0.29, 0.717) is 6.07 Å². The standard InChI is InChI=1S/C12H8BrF3N2O2S/c13-7-2-1-6(17)3-12(7)21(19,20)18-11-5-9(15)8(14)4-10(11)16/h1-5,18H,17H2. The Morgan fingerprint density at radius 3 is 2.29 bits per heavy atom. The molecule has 9 heteroatoms. The summed E-state index contributed by atoms with van der Waals surface area (Å²) < 4.78 is 65.7. The molecule has 21 heavy (non-hydrogen) atoms. The SMILES string of the molecule is Nc1ccc(Br)c(S(=O)(=O)Nc2cc(F)c(F)cc2F)c1. The van der Waals surface area contributed by atoms with Crippen molar-refractivity contribution in [2.75, 3.05) is 10.5 Å². The molecule has 4 nitrogen and oxygen atoms in total. The summed E-state index contributed by atoms with van der Waals surface area (Å²) in [7, 11) is -4.22. The first-order valence-electron chi connectivity index (χ1n) is 5.43. The molecular weight excluding hydrogens is 373 g/mol. The van der Waals surface area contributed by atoms with Crippen molar-refractivity contribution in [1.29, 1.82) is 0 Å². The van der Waals surface area contributed by atoms with Crippen LogP contribution in [0.2, 0.25) is 0 Å². The van der Waals surface area contributed by atoms with Gasteiger partial charge in [-0.25, -0.2) is 21.6 Å². The van der Waals surface area contributed by atoms with Crippen molar-refractivity contribution in [1.82, 2.24) is 0 Å². The van der Waals surface area contributed by atoms with Crippen molar-refractivity contribution in [3.8, 4) is 0 Å². The first kappa shape index (κ1) is 15.6. The molecule has 0 spiro atoms. The number of nitrogens with two attached hydrogens (primary N) is 1. The van der Waals surface area contributed by atoms with Gasteiger partial charge in [0.1, 0.15) is 10.7 Å². The third kappa shape index (κ3) is 3.30. The Hall–Kier alpha value is -1.74. The van der Waals surface area contributed by atoms with Gasteiger partial charge in [-0.1, -0.05) is 0 Å². The zero-order chi connectivity index (χ0) is 15.8. The molecule has 3 N–H and O–H groups in total. The Morgan fingerprint density at radius 1 is 1.00 bits per heavy atom. The molecule has 0 aliphatic heterocycles. The van der Waals surface area contributed by atoms with Crippen molar-refractivity contribution in [3.63, 3.8) is 0 Å². The molecule has 0 unspecified atom stereocenters. The van der Waals surface area contributed by atoms with E-state index in [1.165, 1.54) is 12.1 Å². The molecule has 0 heterocycles. The number of hydrogen-bond acceptors (Lipinski definition) is 3. The van der Waals surface area contributed by atoms with Crippen LogP contribution in [0, 0.1) is 17.5 Å². The number of sulfonamides is 1. The molecule has 0 radical (unpaired) electrons. The number of anilines is 2. The first-order valence-corrected chi connectivity index (χ1v) is 7.71. The quantitative estimate of drug-likeness (QED) is 0.634. The fourth-order valence-corrected chi connectivity index (χ4v) is 3.58. The smallest absolute Gasteiger partial charge is 0.263 e. The highest BCUT2D eigenvalue weighted by atomic mass is 79.9. The van der Waals surface area contributed by atoms with E-state index in [1.807, 2.05) is 4.72 Å². The van der Waals surface area contributed by atoms with Gasteiger partial charge in [0.2, 0.25) is 0 Å². The number of nitrogens with one attached hydrogen (secondary N) is 1. The molecule has 112 valence electrons. The van der Waals surface area contributed by atoms with Gasteiger partial charge < -0.3 is 5.73 Å². The highest BCUT2D eigenvalue weighted by Crippen LogP contribution is 2.27. The summed E-state index contributed by atoms with van der Waals surface area (Å²) in [5.41, 5.74) is 4.96. The predicted molar refractivity (Wildman–Crippen MR) is 75.7 cm³/mol. The van der Waals surface area contributed by atoms with E-state index in [4.69, 9.17) is 5.73 Å². The Morgan fingerprint density at radius 2 is 1.62 bits per heavy atom. The second kappa shape index (κ2) is 5.57. The molecule has 0 aromatic heterocycles. The lowest BCUT2D eigenvalue weighted by Crippen LogP contribution is -2.15. The van der Waals surface area contributed by atoms with Gasteiger partial charge in [-0.2, -0.15) is 0 Å². The summed E-state index contributed by atoms with van der Waals surface area (Å²) in [6.45, 7) is 0. The maximum atomic E-state index is 13.5. The van der Waals surface area contributed by atoms with Crippen LogP contribution in [0.4, 0.5) is 24.5 Å². The van der Waals surface area contributed by atoms with Gasteiger partial charge in [-0.05, 0) is 34.1 Å². The molecule has 0 fully saturated rings. The van der Waals surface area contributed by atoms with Gasteiger partial charge in [0.15, 0.2) is 11.6 Å². The minimum atomic E-state index is -4.22. The van der Waals surface area contributed by atoms with Crippen LogP contribution in [0.3, 0.4) is 0 Å². The molecule has 0 saturated heterocycles. The van der Waals surface area contributed by atoms with Crippen LogP contribution in [0.25, 0.3) is 0 Å². The molecular formula is C12H8BrF3N2O2S. The van der Waals surface area contributed by atoms with Gasteiger partial charge >= 0.3 is 0 Å². The van der Waals surface area contributed by atoms with E-state index in [0.717, 1.165) is 6.07 Å². The van der Waals surface area contributed by atoms with Crippen molar-refractivity contribution in [3.05, 3.63) is 52.3 Å². The summed E-state index contributed by atoms with van der Waals surface area (Å²) in [6, 6.07) is 4.67. The summed E-state index contributed by atoms with van der Waals surface area (Å²) in [5.74, 6) is -4.03. The minimum Gasteiger partial charge on any atom is -0.399 e. The van der Waals surface area contributed by atoms with Crippen LogP contribution in [-0.2, 0) is 10.0 Å². The molecule has 0 saturated carbocycles. The van der Waals surface area contributed by atoms with E-state index in [9.17, 15) is 21.6 Å². The molecule has 2 rings (SSSR count). The molecule has 0 aliphatic rings. The number of benzene rings is 2. The highest BCUT2D eigenvalue weighted by Gasteiger charge is 2.21. The van der Waals surface area contributed by atoms with E-state index in [2.05, 4.69) is 15.9 Å². The van der Waals surface area contributed by atoms with Gasteiger partial charge in [0.05, 0.1) is 5.69 Å². The fourth-order valence-electron chi connectivity index (χ4n) is 1.53. The van der Waals surface area contributed by atoms with Crippen LogP contribution in [-0.4, -0.2) is 8.42 Å². The summed E-state index contributed by atoms with van der Waals surface area (Å²) in [4.78, 5) is -0.258. The average Bonchev–Trinajstić information content (AvgIpc) is 2.38. The van der Waals surface area contributed by atoms with Crippen molar-refractivity contribution in [2.45, 2.75) is 4.90 Å². The van der Waals surface area contributed by atoms with E-state index >= 15 is 0 Å². The average molecular weight is 381 g/mol. The van der Waals surface area contributed by atoms with Gasteiger partial charge in [-0.3, -0.25) is 4.72 Å². The summed E-state index contributed by atoms with van der Waals surface area (Å²) >= 11 is 3.02. The summed E-state index contributed by atoms with van der Waals surface area (Å²) in [5, 5.41) is 0. The largest absolute Gasteiger partial charge is 0.399 e. The number of nitrogen functional groups attached to an aromatic ring is 1. The summed E-state index contributed by atoms with van der Waals surface area (Å²) in [6.07, 6.45) is 0. The van der Waals surface area contributed by atoms with Crippen LogP contribution in [0.5, 0.6) is 0 Å². The minimum absolute atomic E-state index is 0.171. The van der Waals surface area contributed by atoms with E-state index in [-0.39, 0.29) is 21.1 Å². The van der Waals surface area contributed by atoms with Crippen molar-refractivity contribution >= 4 is 37.3 Å². The predicted octanol–water partition coefficient (Wildman–Crippen LogP) is 3.25. The van der Waals surface area contributed by atoms with Crippen LogP contribution < -0.4 is 10.5 Å². The third-order valence-electron chi connectivity index (χ3n) is 2.50. The molecule has 0 bridgehead atoms. The zero-order valence-electron chi connectivity index (χ0n) is 10.2. The molecule has 2 aromatic carbocycles. The lowest BCUT2D eigenvalue weighted by Gasteiger charge is -2.11. The lowest BCUT2D eigenvalue weighted by molar-refractivity contribution is 0.496.